The Kier molecular flexibility index (Phi) is 6.56. The predicted octanol–water partition coefficient (Wildman–Crippen LogP) is 3.15. The number of ether oxygens (including phenoxy) is 2. The van der Waals surface area contributed by atoms with E-state index >= 15 is 0 Å². The van der Waals surface area contributed by atoms with E-state index in [0.29, 0.717) is 24.6 Å². The van der Waals surface area contributed by atoms with E-state index in [1.54, 1.807) is 7.11 Å². The molecule has 1 N–H and O–H groups in total. The van der Waals surface area contributed by atoms with E-state index in [-0.39, 0.29) is 0 Å². The number of morpholine rings is 1. The molecule has 1 aliphatic heterocycles. The molecule has 2 fully saturated rings. The van der Waals surface area contributed by atoms with E-state index in [4.69, 9.17) is 19.6 Å². The molecule has 10 nitrogen and oxygen atoms in total. The van der Waals surface area contributed by atoms with Crippen LogP contribution in [-0.2, 0) is 16.0 Å². The number of nitrogens with zero attached hydrogens (tertiary/aromatic N) is 7. The molecule has 2 aliphatic rings. The summed E-state index contributed by atoms with van der Waals surface area (Å²) < 4.78 is 14.8. The molecule has 190 valence electrons. The van der Waals surface area contributed by atoms with Crippen molar-refractivity contribution in [3.8, 4) is 11.3 Å². The number of rotatable bonds is 7. The molecule has 1 saturated heterocycles. The molecule has 0 amide bonds. The summed E-state index contributed by atoms with van der Waals surface area (Å²) in [6.07, 6.45) is 8.57. The van der Waals surface area contributed by atoms with Gasteiger partial charge in [-0.05, 0) is 50.8 Å². The summed E-state index contributed by atoms with van der Waals surface area (Å²) in [7, 11) is 1.71. The normalized spacial score (nSPS) is 21.4. The molecule has 0 atom stereocenters. The van der Waals surface area contributed by atoms with Gasteiger partial charge in [0.25, 0.3) is 0 Å². The van der Waals surface area contributed by atoms with Crippen molar-refractivity contribution in [2.45, 2.75) is 51.2 Å². The maximum absolute atomic E-state index is 5.51. The quantitative estimate of drug-likeness (QED) is 0.422. The van der Waals surface area contributed by atoms with Crippen LogP contribution in [-0.4, -0.2) is 86.1 Å². The first-order valence-electron chi connectivity index (χ1n) is 13.0. The average Bonchev–Trinajstić information content (AvgIpc) is 3.47. The SMILES string of the molecule is COCCn1c(C)nc2ccc(-c3ccn4nc(N[C@H]5CC[C@@H](N6CCOCC6)CC5)ncc34)nc21. The number of anilines is 1. The van der Waals surface area contributed by atoms with E-state index in [9.17, 15) is 0 Å². The topological polar surface area (TPSA) is 94.6 Å². The van der Waals surface area contributed by atoms with Crippen molar-refractivity contribution < 1.29 is 9.47 Å². The zero-order valence-electron chi connectivity index (χ0n) is 21.1. The molecule has 0 bridgehead atoms. The van der Waals surface area contributed by atoms with Crippen molar-refractivity contribution in [3.63, 3.8) is 0 Å². The molecule has 0 spiro atoms. The maximum atomic E-state index is 5.51. The highest BCUT2D eigenvalue weighted by Gasteiger charge is 2.27. The minimum atomic E-state index is 0.412. The van der Waals surface area contributed by atoms with Gasteiger partial charge in [0.05, 0.1) is 37.2 Å². The summed E-state index contributed by atoms with van der Waals surface area (Å²) in [5.41, 5.74) is 4.58. The van der Waals surface area contributed by atoms with Crippen molar-refractivity contribution in [2.75, 3.05) is 45.3 Å². The van der Waals surface area contributed by atoms with Crippen molar-refractivity contribution in [1.29, 1.82) is 0 Å². The predicted molar refractivity (Wildman–Crippen MR) is 138 cm³/mol. The lowest BCUT2D eigenvalue weighted by molar-refractivity contribution is 0.00790. The fourth-order valence-corrected chi connectivity index (χ4v) is 5.61. The third kappa shape index (κ3) is 4.56. The number of aryl methyl sites for hydroxylation is 1. The molecule has 4 aromatic rings. The van der Waals surface area contributed by atoms with Gasteiger partial charge in [-0.2, -0.15) is 0 Å². The highest BCUT2D eigenvalue weighted by molar-refractivity contribution is 5.82. The van der Waals surface area contributed by atoms with E-state index in [1.807, 2.05) is 36.0 Å². The zero-order valence-corrected chi connectivity index (χ0v) is 21.1. The van der Waals surface area contributed by atoms with Gasteiger partial charge in [0, 0.05) is 50.6 Å². The molecule has 6 rings (SSSR count). The first kappa shape index (κ1) is 23.3. The zero-order chi connectivity index (χ0) is 24.5. The van der Waals surface area contributed by atoms with Crippen LogP contribution in [0.3, 0.4) is 0 Å². The number of imidazole rings is 1. The first-order chi connectivity index (χ1) is 17.7. The maximum Gasteiger partial charge on any atom is 0.241 e. The molecule has 5 heterocycles. The highest BCUT2D eigenvalue weighted by atomic mass is 16.5. The minimum Gasteiger partial charge on any atom is -0.383 e. The third-order valence-corrected chi connectivity index (χ3v) is 7.59. The largest absolute Gasteiger partial charge is 0.383 e. The Labute approximate surface area is 210 Å². The Morgan fingerprint density at radius 2 is 1.92 bits per heavy atom. The lowest BCUT2D eigenvalue weighted by Gasteiger charge is -2.38. The van der Waals surface area contributed by atoms with Crippen LogP contribution < -0.4 is 5.32 Å². The van der Waals surface area contributed by atoms with Crippen molar-refractivity contribution in [1.82, 2.24) is 34.0 Å². The first-order valence-corrected chi connectivity index (χ1v) is 13.0. The van der Waals surface area contributed by atoms with Crippen molar-refractivity contribution >= 4 is 22.6 Å². The molecule has 36 heavy (non-hydrogen) atoms. The summed E-state index contributed by atoms with van der Waals surface area (Å²) in [6.45, 7) is 7.20. The van der Waals surface area contributed by atoms with E-state index < -0.39 is 0 Å². The summed E-state index contributed by atoms with van der Waals surface area (Å²) in [4.78, 5) is 16.9. The van der Waals surface area contributed by atoms with E-state index in [2.05, 4.69) is 30.8 Å². The summed E-state index contributed by atoms with van der Waals surface area (Å²) in [5.74, 6) is 1.61. The Balaban J connectivity index is 1.17. The van der Waals surface area contributed by atoms with Crippen LogP contribution in [0.1, 0.15) is 31.5 Å². The number of aromatic nitrogens is 6. The average molecular weight is 491 g/mol. The summed E-state index contributed by atoms with van der Waals surface area (Å²) in [6, 6.07) is 7.19. The molecule has 0 radical (unpaired) electrons. The number of pyridine rings is 1. The van der Waals surface area contributed by atoms with Crippen LogP contribution in [0.15, 0.2) is 30.6 Å². The van der Waals surface area contributed by atoms with E-state index in [1.165, 1.54) is 12.8 Å². The molecule has 1 aliphatic carbocycles. The number of hydrogen-bond acceptors (Lipinski definition) is 8. The third-order valence-electron chi connectivity index (χ3n) is 7.59. The molecule has 0 aromatic carbocycles. The molecular weight excluding hydrogens is 456 g/mol. The summed E-state index contributed by atoms with van der Waals surface area (Å²) >= 11 is 0. The van der Waals surface area contributed by atoms with Gasteiger partial charge < -0.3 is 19.4 Å². The van der Waals surface area contributed by atoms with Crippen molar-refractivity contribution in [2.24, 2.45) is 0 Å². The fraction of sp³-hybridized carbons (Fsp3) is 0.538. The van der Waals surface area contributed by atoms with Gasteiger partial charge in [-0.1, -0.05) is 0 Å². The number of hydrogen-bond donors (Lipinski definition) is 1. The van der Waals surface area contributed by atoms with Gasteiger partial charge in [-0.25, -0.2) is 19.5 Å². The van der Waals surface area contributed by atoms with Gasteiger partial charge >= 0.3 is 0 Å². The van der Waals surface area contributed by atoms with Crippen LogP contribution in [0.25, 0.3) is 27.9 Å². The number of nitrogens with one attached hydrogen (secondary N) is 1. The molecule has 10 heteroatoms. The summed E-state index contributed by atoms with van der Waals surface area (Å²) in [5, 5.41) is 8.33. The number of methoxy groups -OCH3 is 1. The van der Waals surface area contributed by atoms with Gasteiger partial charge in [-0.3, -0.25) is 4.90 Å². The van der Waals surface area contributed by atoms with Crippen LogP contribution >= 0.6 is 0 Å². The standard InChI is InChI=1S/C26H34N8O2/c1-18-28-23-8-7-22(30-25(23)33(18)13-14-35-2)21-9-10-34-24(21)17-27-26(31-34)29-19-3-5-20(6-4-19)32-11-15-36-16-12-32/h7-10,17,19-20H,3-6,11-16H2,1-2H3,(H,29,31)/t19-,20+. The minimum absolute atomic E-state index is 0.412. The van der Waals surface area contributed by atoms with Crippen molar-refractivity contribution in [3.05, 3.63) is 36.4 Å². The second-order valence-corrected chi connectivity index (χ2v) is 9.78. The second-order valence-electron chi connectivity index (χ2n) is 9.78. The monoisotopic (exact) mass is 490 g/mol. The Hall–Kier alpha value is -3.08. The molecular formula is C26H34N8O2. The van der Waals surface area contributed by atoms with Crippen LogP contribution in [0.4, 0.5) is 5.95 Å². The van der Waals surface area contributed by atoms with E-state index in [0.717, 1.165) is 79.5 Å². The Morgan fingerprint density at radius 1 is 1.08 bits per heavy atom. The number of fused-ring (bicyclic) bond motifs is 2. The molecule has 0 unspecified atom stereocenters. The smallest absolute Gasteiger partial charge is 0.241 e. The van der Waals surface area contributed by atoms with Gasteiger partial charge in [0.2, 0.25) is 5.95 Å². The van der Waals surface area contributed by atoms with Gasteiger partial charge in [-0.15, -0.1) is 5.10 Å². The van der Waals surface area contributed by atoms with Gasteiger partial charge in [0.1, 0.15) is 11.3 Å². The fourth-order valence-electron chi connectivity index (χ4n) is 5.61. The molecule has 4 aromatic heterocycles. The van der Waals surface area contributed by atoms with Crippen LogP contribution in [0.2, 0.25) is 0 Å². The highest BCUT2D eigenvalue weighted by Crippen LogP contribution is 2.28. The Morgan fingerprint density at radius 3 is 2.72 bits per heavy atom. The van der Waals surface area contributed by atoms with Crippen LogP contribution in [0.5, 0.6) is 0 Å². The lowest BCUT2D eigenvalue weighted by atomic mass is 9.90. The van der Waals surface area contributed by atoms with Crippen LogP contribution in [0, 0.1) is 6.92 Å². The second kappa shape index (κ2) is 10.1. The molecule has 1 saturated carbocycles. The lowest BCUT2D eigenvalue weighted by Crippen LogP contribution is -2.46. The van der Waals surface area contributed by atoms with Gasteiger partial charge in [0.15, 0.2) is 5.65 Å². The Bertz CT molecular complexity index is 1330.